The van der Waals surface area contributed by atoms with Gasteiger partial charge in [-0.1, -0.05) is 66.4 Å². The van der Waals surface area contributed by atoms with Gasteiger partial charge in [-0.05, 0) is 24.3 Å². The van der Waals surface area contributed by atoms with Crippen molar-refractivity contribution >= 4 is 23.7 Å². The van der Waals surface area contributed by atoms with Gasteiger partial charge in [0, 0.05) is 15.4 Å². The van der Waals surface area contributed by atoms with Crippen molar-refractivity contribution in [3.8, 4) is 0 Å². The molecule has 0 fully saturated rings. The molecule has 0 atom stereocenters. The molecule has 0 saturated carbocycles. The minimum absolute atomic E-state index is 0.160. The highest BCUT2D eigenvalue weighted by Gasteiger charge is 2.14. The van der Waals surface area contributed by atoms with E-state index in [2.05, 4.69) is 51.5 Å². The Bertz CT molecular complexity index is 942. The van der Waals surface area contributed by atoms with E-state index in [0.717, 1.165) is 22.8 Å². The van der Waals surface area contributed by atoms with Crippen molar-refractivity contribution in [2.75, 3.05) is 21.1 Å². The monoisotopic (exact) mass is 424 g/mol. The molecule has 6 heteroatoms. The largest absolute Gasteiger partial charge is 0.478 e. The smallest absolute Gasteiger partial charge is 0.336 e. The molecule has 3 aromatic carbocycles. The van der Waals surface area contributed by atoms with Crippen LogP contribution in [0.15, 0.2) is 88.7 Å². The van der Waals surface area contributed by atoms with Crippen LogP contribution >= 0.6 is 11.8 Å². The molecule has 0 aromatic heterocycles. The minimum atomic E-state index is -1.03. The van der Waals surface area contributed by atoms with Crippen LogP contribution in [0.5, 0.6) is 0 Å². The highest BCUT2D eigenvalue weighted by molar-refractivity contribution is 7.99. The SMILES string of the molecule is C[N+](C)(C)Cc1ccccc1.O=C(O)c1ccccc1Sc1ccccc1C(=O)O. The van der Waals surface area contributed by atoms with Crippen LogP contribution in [-0.2, 0) is 6.54 Å². The number of nitrogens with zero attached hydrogens (tertiary/aromatic N) is 1. The Morgan fingerprint density at radius 3 is 1.50 bits per heavy atom. The molecule has 0 aliphatic carbocycles. The number of carbonyl (C=O) groups is 2. The summed E-state index contributed by atoms with van der Waals surface area (Å²) in [6, 6.07) is 23.6. The quantitative estimate of drug-likeness (QED) is 0.537. The summed E-state index contributed by atoms with van der Waals surface area (Å²) in [6.45, 7) is 1.10. The van der Waals surface area contributed by atoms with Gasteiger partial charge in [0.1, 0.15) is 6.54 Å². The summed E-state index contributed by atoms with van der Waals surface area (Å²) in [5.41, 5.74) is 1.72. The topological polar surface area (TPSA) is 74.6 Å². The summed E-state index contributed by atoms with van der Waals surface area (Å²) < 4.78 is 0.990. The summed E-state index contributed by atoms with van der Waals surface area (Å²) in [4.78, 5) is 23.2. The first-order valence-electron chi connectivity index (χ1n) is 9.34. The Morgan fingerprint density at radius 1 is 0.700 bits per heavy atom. The van der Waals surface area contributed by atoms with Crippen molar-refractivity contribution in [3.05, 3.63) is 95.6 Å². The van der Waals surface area contributed by atoms with Gasteiger partial charge in [-0.2, -0.15) is 0 Å². The third-order valence-electron chi connectivity index (χ3n) is 3.95. The number of aromatic carboxylic acids is 2. The van der Waals surface area contributed by atoms with E-state index in [1.54, 1.807) is 36.4 Å². The minimum Gasteiger partial charge on any atom is -0.478 e. The summed E-state index contributed by atoms with van der Waals surface area (Å²) in [7, 11) is 6.60. The zero-order valence-corrected chi connectivity index (χ0v) is 18.1. The van der Waals surface area contributed by atoms with Gasteiger partial charge in [0.15, 0.2) is 0 Å². The molecule has 5 nitrogen and oxygen atoms in total. The number of quaternary nitrogens is 1. The zero-order chi connectivity index (χ0) is 22.1. The van der Waals surface area contributed by atoms with Gasteiger partial charge in [-0.15, -0.1) is 0 Å². The van der Waals surface area contributed by atoms with Crippen LogP contribution in [-0.4, -0.2) is 47.8 Å². The second-order valence-corrected chi connectivity index (χ2v) is 8.72. The molecule has 0 saturated heterocycles. The number of carboxylic acid groups (broad SMARTS) is 2. The van der Waals surface area contributed by atoms with Gasteiger partial charge in [0.25, 0.3) is 0 Å². The highest BCUT2D eigenvalue weighted by Crippen LogP contribution is 2.32. The summed E-state index contributed by atoms with van der Waals surface area (Å²) in [5.74, 6) is -2.06. The van der Waals surface area contributed by atoms with Crippen molar-refractivity contribution in [3.63, 3.8) is 0 Å². The van der Waals surface area contributed by atoms with E-state index in [9.17, 15) is 9.59 Å². The number of hydrogen-bond donors (Lipinski definition) is 2. The van der Waals surface area contributed by atoms with Gasteiger partial charge in [-0.25, -0.2) is 9.59 Å². The molecule has 0 radical (unpaired) electrons. The normalized spacial score (nSPS) is 10.6. The van der Waals surface area contributed by atoms with Crippen LogP contribution in [0.2, 0.25) is 0 Å². The fraction of sp³-hybridized carbons (Fsp3) is 0.167. The van der Waals surface area contributed by atoms with Gasteiger partial charge < -0.3 is 14.7 Å². The van der Waals surface area contributed by atoms with Gasteiger partial charge in [-0.3, -0.25) is 0 Å². The molecule has 30 heavy (non-hydrogen) atoms. The Labute approximate surface area is 181 Å². The third-order valence-corrected chi connectivity index (χ3v) is 5.11. The molecule has 0 spiro atoms. The van der Waals surface area contributed by atoms with E-state index in [0.29, 0.717) is 9.79 Å². The van der Waals surface area contributed by atoms with Crippen LogP contribution in [0.4, 0.5) is 0 Å². The third kappa shape index (κ3) is 7.39. The van der Waals surface area contributed by atoms with Crippen molar-refractivity contribution < 1.29 is 24.3 Å². The Kier molecular flexibility index (Phi) is 8.21. The highest BCUT2D eigenvalue weighted by atomic mass is 32.2. The number of rotatable bonds is 6. The van der Waals surface area contributed by atoms with Gasteiger partial charge in [0.05, 0.1) is 32.3 Å². The van der Waals surface area contributed by atoms with E-state index < -0.39 is 11.9 Å². The van der Waals surface area contributed by atoms with Crippen LogP contribution in [0, 0.1) is 0 Å². The maximum Gasteiger partial charge on any atom is 0.336 e. The maximum atomic E-state index is 11.1. The lowest BCUT2D eigenvalue weighted by atomic mass is 10.2. The predicted molar refractivity (Wildman–Crippen MR) is 119 cm³/mol. The molecular formula is C24H26NO4S+. The van der Waals surface area contributed by atoms with Crippen LogP contribution in [0.25, 0.3) is 0 Å². The zero-order valence-electron chi connectivity index (χ0n) is 17.3. The van der Waals surface area contributed by atoms with Crippen molar-refractivity contribution in [2.45, 2.75) is 16.3 Å². The lowest BCUT2D eigenvalue weighted by Crippen LogP contribution is -2.33. The van der Waals surface area contributed by atoms with E-state index in [4.69, 9.17) is 10.2 Å². The predicted octanol–water partition coefficient (Wildman–Crippen LogP) is 5.13. The van der Waals surface area contributed by atoms with E-state index in [-0.39, 0.29) is 11.1 Å². The molecule has 0 unspecified atom stereocenters. The molecule has 0 heterocycles. The number of carboxylic acids is 2. The fourth-order valence-electron chi connectivity index (χ4n) is 2.71. The molecule has 0 aliphatic heterocycles. The average molecular weight is 425 g/mol. The molecule has 156 valence electrons. The van der Waals surface area contributed by atoms with Gasteiger partial charge >= 0.3 is 11.9 Å². The molecule has 2 N–H and O–H groups in total. The summed E-state index contributed by atoms with van der Waals surface area (Å²) in [5, 5.41) is 18.2. The van der Waals surface area contributed by atoms with E-state index >= 15 is 0 Å². The van der Waals surface area contributed by atoms with Crippen LogP contribution in [0.3, 0.4) is 0 Å². The van der Waals surface area contributed by atoms with Crippen LogP contribution < -0.4 is 0 Å². The van der Waals surface area contributed by atoms with Crippen LogP contribution in [0.1, 0.15) is 26.3 Å². The molecule has 0 aliphatic rings. The molecular weight excluding hydrogens is 398 g/mol. The average Bonchev–Trinajstić information content (AvgIpc) is 2.68. The van der Waals surface area contributed by atoms with E-state index in [1.807, 2.05) is 0 Å². The fourth-order valence-corrected chi connectivity index (χ4v) is 3.78. The lowest BCUT2D eigenvalue weighted by Gasteiger charge is -2.23. The Hall–Kier alpha value is -3.09. The van der Waals surface area contributed by atoms with E-state index in [1.165, 1.54) is 17.7 Å². The van der Waals surface area contributed by atoms with Crippen molar-refractivity contribution in [2.24, 2.45) is 0 Å². The molecule has 3 rings (SSSR count). The molecule has 0 amide bonds. The van der Waals surface area contributed by atoms with Crippen molar-refractivity contribution in [1.82, 2.24) is 0 Å². The molecule has 3 aromatic rings. The Morgan fingerprint density at radius 2 is 1.10 bits per heavy atom. The van der Waals surface area contributed by atoms with Gasteiger partial charge in [0.2, 0.25) is 0 Å². The molecule has 0 bridgehead atoms. The first kappa shape index (κ1) is 23.2. The summed E-state index contributed by atoms with van der Waals surface area (Å²) >= 11 is 1.14. The number of benzene rings is 3. The number of hydrogen-bond acceptors (Lipinski definition) is 3. The first-order chi connectivity index (χ1) is 14.2. The summed E-state index contributed by atoms with van der Waals surface area (Å²) in [6.07, 6.45) is 0. The second-order valence-electron chi connectivity index (χ2n) is 7.64. The Balaban J connectivity index is 0.000000248. The lowest BCUT2D eigenvalue weighted by molar-refractivity contribution is -0.884. The standard InChI is InChI=1S/C14H10O4S.C10H16N/c15-13(16)9-5-1-3-7-11(9)19-12-8-4-2-6-10(12)14(17)18;1-11(2,3)9-10-7-5-4-6-8-10/h1-8H,(H,15,16)(H,17,18);4-8H,9H2,1-3H3/q;+1. The second kappa shape index (κ2) is 10.6. The first-order valence-corrected chi connectivity index (χ1v) is 10.2. The maximum absolute atomic E-state index is 11.1. The van der Waals surface area contributed by atoms with Crippen molar-refractivity contribution in [1.29, 1.82) is 0 Å².